The van der Waals surface area contributed by atoms with Crippen molar-refractivity contribution in [1.29, 1.82) is 0 Å². The van der Waals surface area contributed by atoms with Gasteiger partial charge in [-0.3, -0.25) is 0 Å². The van der Waals surface area contributed by atoms with Crippen LogP contribution in [-0.2, 0) is 0 Å². The molecule has 5 heteroatoms. The summed E-state index contributed by atoms with van der Waals surface area (Å²) in [6.45, 7) is 4.30. The maximum atomic E-state index is 8.60. The summed E-state index contributed by atoms with van der Waals surface area (Å²) in [6.07, 6.45) is 1.19. The van der Waals surface area contributed by atoms with E-state index in [0.29, 0.717) is 16.5 Å². The van der Waals surface area contributed by atoms with E-state index in [1.165, 1.54) is 6.42 Å². The highest BCUT2D eigenvalue weighted by Gasteiger charge is 2.20. The third-order valence-corrected chi connectivity index (χ3v) is 3.42. The van der Waals surface area contributed by atoms with E-state index in [1.54, 1.807) is 6.07 Å². The quantitative estimate of drug-likeness (QED) is 0.368. The van der Waals surface area contributed by atoms with Crippen LogP contribution in [0.25, 0.3) is 0 Å². The van der Waals surface area contributed by atoms with Crippen molar-refractivity contribution < 1.29 is 5.21 Å². The molecule has 1 heterocycles. The van der Waals surface area contributed by atoms with Gasteiger partial charge in [0, 0.05) is 18.7 Å². The van der Waals surface area contributed by atoms with E-state index in [9.17, 15) is 0 Å². The van der Waals surface area contributed by atoms with E-state index in [4.69, 9.17) is 22.5 Å². The van der Waals surface area contributed by atoms with Crippen LogP contribution >= 0.6 is 11.6 Å². The van der Waals surface area contributed by atoms with Gasteiger partial charge in [-0.15, -0.1) is 0 Å². The highest BCUT2D eigenvalue weighted by molar-refractivity contribution is 6.33. The van der Waals surface area contributed by atoms with Crippen LogP contribution in [0.2, 0.25) is 5.02 Å². The molecule has 1 aliphatic rings. The third-order valence-electron chi connectivity index (χ3n) is 3.12. The zero-order chi connectivity index (χ0) is 12.4. The third kappa shape index (κ3) is 2.47. The molecule has 1 aromatic carbocycles. The van der Waals surface area contributed by atoms with Crippen molar-refractivity contribution in [3.05, 3.63) is 28.8 Å². The zero-order valence-corrected chi connectivity index (χ0v) is 10.5. The predicted molar refractivity (Wildman–Crippen MR) is 70.0 cm³/mol. The number of halogens is 1. The molecule has 1 unspecified atom stereocenters. The summed E-state index contributed by atoms with van der Waals surface area (Å²) < 4.78 is 0. The van der Waals surface area contributed by atoms with Crippen molar-refractivity contribution in [3.8, 4) is 0 Å². The molecule has 1 fully saturated rings. The number of rotatable bonds is 2. The molecule has 1 aliphatic heterocycles. The minimum Gasteiger partial charge on any atom is -0.409 e. The fourth-order valence-electron chi connectivity index (χ4n) is 2.13. The molecule has 2 rings (SSSR count). The molecule has 0 bridgehead atoms. The van der Waals surface area contributed by atoms with Gasteiger partial charge in [0.15, 0.2) is 5.84 Å². The van der Waals surface area contributed by atoms with Gasteiger partial charge in [-0.25, -0.2) is 0 Å². The zero-order valence-electron chi connectivity index (χ0n) is 9.73. The Morgan fingerprint density at radius 1 is 1.59 bits per heavy atom. The molecule has 0 spiro atoms. The first-order valence-corrected chi connectivity index (χ1v) is 6.02. The summed E-state index contributed by atoms with van der Waals surface area (Å²) in [7, 11) is 0. The largest absolute Gasteiger partial charge is 0.409 e. The molecular formula is C12H16ClN3O. The summed E-state index contributed by atoms with van der Waals surface area (Å²) in [6, 6.07) is 5.47. The number of nitrogens with two attached hydrogens (primary N) is 1. The lowest BCUT2D eigenvalue weighted by atomic mass is 10.1. The Balaban J connectivity index is 2.26. The number of hydrogen-bond donors (Lipinski definition) is 2. The van der Waals surface area contributed by atoms with Crippen LogP contribution in [0, 0.1) is 5.92 Å². The second-order valence-electron chi connectivity index (χ2n) is 4.49. The SMILES string of the molecule is CC1CCN(c2ccc(/C(N)=N/O)cc2Cl)C1. The first-order valence-electron chi connectivity index (χ1n) is 5.64. The molecule has 92 valence electrons. The van der Waals surface area contributed by atoms with Crippen LogP contribution in [0.5, 0.6) is 0 Å². The Morgan fingerprint density at radius 3 is 2.88 bits per heavy atom. The molecule has 1 atom stereocenters. The lowest BCUT2D eigenvalue weighted by Crippen LogP contribution is -2.20. The summed E-state index contributed by atoms with van der Waals surface area (Å²) in [5, 5.41) is 12.2. The van der Waals surface area contributed by atoms with Gasteiger partial charge in [0.05, 0.1) is 10.7 Å². The normalized spacial score (nSPS) is 20.9. The van der Waals surface area contributed by atoms with Crippen LogP contribution in [0.4, 0.5) is 5.69 Å². The van der Waals surface area contributed by atoms with E-state index in [2.05, 4.69) is 17.0 Å². The smallest absolute Gasteiger partial charge is 0.170 e. The van der Waals surface area contributed by atoms with Gasteiger partial charge in [-0.2, -0.15) is 0 Å². The Hall–Kier alpha value is -1.42. The summed E-state index contributed by atoms with van der Waals surface area (Å²) in [5.74, 6) is 0.781. The topological polar surface area (TPSA) is 61.8 Å². The summed E-state index contributed by atoms with van der Waals surface area (Å²) >= 11 is 6.22. The average Bonchev–Trinajstić information content (AvgIpc) is 2.74. The van der Waals surface area contributed by atoms with Crippen LogP contribution in [0.1, 0.15) is 18.9 Å². The number of nitrogens with zero attached hydrogens (tertiary/aromatic N) is 2. The maximum Gasteiger partial charge on any atom is 0.170 e. The van der Waals surface area contributed by atoms with Gasteiger partial charge < -0.3 is 15.8 Å². The Kier molecular flexibility index (Phi) is 3.43. The average molecular weight is 254 g/mol. The molecule has 1 aromatic rings. The van der Waals surface area contributed by atoms with Crippen molar-refractivity contribution in [1.82, 2.24) is 0 Å². The van der Waals surface area contributed by atoms with Gasteiger partial charge in [0.2, 0.25) is 0 Å². The second-order valence-corrected chi connectivity index (χ2v) is 4.90. The Morgan fingerprint density at radius 2 is 2.35 bits per heavy atom. The van der Waals surface area contributed by atoms with E-state index < -0.39 is 0 Å². The molecule has 4 nitrogen and oxygen atoms in total. The van der Waals surface area contributed by atoms with Crippen molar-refractivity contribution in [2.75, 3.05) is 18.0 Å². The molecule has 0 aliphatic carbocycles. The standard InChI is InChI=1S/C12H16ClN3O/c1-8-4-5-16(7-8)11-3-2-9(6-10(11)13)12(14)15-17/h2-3,6,8,17H,4-5,7H2,1H3,(H2,14,15). The van der Waals surface area contributed by atoms with Crippen molar-refractivity contribution >= 4 is 23.1 Å². The van der Waals surface area contributed by atoms with Crippen LogP contribution < -0.4 is 10.6 Å². The van der Waals surface area contributed by atoms with E-state index in [-0.39, 0.29) is 5.84 Å². The number of hydrogen-bond acceptors (Lipinski definition) is 3. The van der Waals surface area contributed by atoms with E-state index in [0.717, 1.165) is 18.8 Å². The summed E-state index contributed by atoms with van der Waals surface area (Å²) in [4.78, 5) is 2.27. The Labute approximate surface area is 106 Å². The van der Waals surface area contributed by atoms with Gasteiger partial charge in [0.1, 0.15) is 0 Å². The summed E-state index contributed by atoms with van der Waals surface area (Å²) in [5.41, 5.74) is 7.17. The molecule has 0 radical (unpaired) electrons. The van der Waals surface area contributed by atoms with Gasteiger partial charge >= 0.3 is 0 Å². The second kappa shape index (κ2) is 4.84. The fourth-order valence-corrected chi connectivity index (χ4v) is 2.43. The molecule has 0 aromatic heterocycles. The number of benzene rings is 1. The molecular weight excluding hydrogens is 238 g/mol. The fraction of sp³-hybridized carbons (Fsp3) is 0.417. The maximum absolute atomic E-state index is 8.60. The minimum atomic E-state index is 0.0771. The van der Waals surface area contributed by atoms with E-state index in [1.807, 2.05) is 12.1 Å². The van der Waals surface area contributed by atoms with Crippen molar-refractivity contribution in [2.45, 2.75) is 13.3 Å². The first kappa shape index (κ1) is 12.0. The monoisotopic (exact) mass is 253 g/mol. The van der Waals surface area contributed by atoms with Gasteiger partial charge in [0.25, 0.3) is 0 Å². The van der Waals surface area contributed by atoms with Gasteiger partial charge in [-0.05, 0) is 30.5 Å². The van der Waals surface area contributed by atoms with Gasteiger partial charge in [-0.1, -0.05) is 23.7 Å². The number of amidine groups is 1. The Bertz CT molecular complexity index is 447. The first-order chi connectivity index (χ1) is 8.11. The lowest BCUT2D eigenvalue weighted by Gasteiger charge is -2.20. The van der Waals surface area contributed by atoms with Crippen LogP contribution in [0.3, 0.4) is 0 Å². The van der Waals surface area contributed by atoms with E-state index >= 15 is 0 Å². The van der Waals surface area contributed by atoms with Crippen LogP contribution in [-0.4, -0.2) is 24.1 Å². The number of oxime groups is 1. The predicted octanol–water partition coefficient (Wildman–Crippen LogP) is 2.28. The van der Waals surface area contributed by atoms with Crippen molar-refractivity contribution in [2.24, 2.45) is 16.8 Å². The highest BCUT2D eigenvalue weighted by atomic mass is 35.5. The molecule has 17 heavy (non-hydrogen) atoms. The lowest BCUT2D eigenvalue weighted by molar-refractivity contribution is 0.318. The van der Waals surface area contributed by atoms with Crippen LogP contribution in [0.15, 0.2) is 23.4 Å². The molecule has 0 saturated carbocycles. The molecule has 0 amide bonds. The highest BCUT2D eigenvalue weighted by Crippen LogP contribution is 2.30. The van der Waals surface area contributed by atoms with Crippen molar-refractivity contribution in [3.63, 3.8) is 0 Å². The molecule has 1 saturated heterocycles. The molecule has 3 N–H and O–H groups in total. The minimum absolute atomic E-state index is 0.0771. The number of anilines is 1.